The first-order valence-electron chi connectivity index (χ1n) is 8.33. The van der Waals surface area contributed by atoms with Gasteiger partial charge in [0.2, 0.25) is 0 Å². The average molecular weight is 359 g/mol. The zero-order valence-electron chi connectivity index (χ0n) is 14.2. The Morgan fingerprint density at radius 3 is 2.62 bits per heavy atom. The maximum Gasteiger partial charge on any atom is 0.252 e. The number of rotatable bonds is 4. The van der Waals surface area contributed by atoms with Gasteiger partial charge in [0.25, 0.3) is 5.91 Å². The van der Waals surface area contributed by atoms with Gasteiger partial charge in [-0.3, -0.25) is 9.78 Å². The van der Waals surface area contributed by atoms with Gasteiger partial charge in [0.1, 0.15) is 0 Å². The maximum atomic E-state index is 12.9. The van der Waals surface area contributed by atoms with Crippen LogP contribution in [0.2, 0.25) is 0 Å². The van der Waals surface area contributed by atoms with Gasteiger partial charge in [0, 0.05) is 18.0 Å². The average Bonchev–Trinajstić information content (AvgIpc) is 3.06. The minimum Gasteiger partial charge on any atom is -0.341 e. The molecule has 2 aromatic carbocycles. The molecule has 26 heavy (non-hydrogen) atoms. The number of thiazole rings is 1. The van der Waals surface area contributed by atoms with Crippen molar-refractivity contribution in [3.05, 3.63) is 94.8 Å². The molecular weight excluding hydrogens is 342 g/mol. The van der Waals surface area contributed by atoms with Crippen molar-refractivity contribution in [1.29, 1.82) is 0 Å². The summed E-state index contributed by atoms with van der Waals surface area (Å²) in [6, 6.07) is 19.1. The zero-order chi connectivity index (χ0) is 17.9. The summed E-state index contributed by atoms with van der Waals surface area (Å²) in [7, 11) is 0. The number of amides is 1. The Morgan fingerprint density at radius 1 is 1.04 bits per heavy atom. The molecule has 4 nitrogen and oxygen atoms in total. The van der Waals surface area contributed by atoms with E-state index in [0.29, 0.717) is 5.56 Å². The summed E-state index contributed by atoms with van der Waals surface area (Å²) < 4.78 is 1.02. The number of hydrogen-bond donors (Lipinski definition) is 1. The summed E-state index contributed by atoms with van der Waals surface area (Å²) in [6.07, 6.45) is 3.52. The van der Waals surface area contributed by atoms with Gasteiger partial charge in [-0.15, -0.1) is 11.3 Å². The van der Waals surface area contributed by atoms with Crippen LogP contribution in [-0.4, -0.2) is 15.9 Å². The highest BCUT2D eigenvalue weighted by Gasteiger charge is 2.18. The SMILES string of the molecule is Cc1nc2ccc(C(=O)NC(c3ccccc3)c3cccnc3)cc2s1. The van der Waals surface area contributed by atoms with Crippen LogP contribution in [0.5, 0.6) is 0 Å². The Morgan fingerprint density at radius 2 is 1.85 bits per heavy atom. The lowest BCUT2D eigenvalue weighted by Gasteiger charge is -2.19. The van der Waals surface area contributed by atoms with Crippen molar-refractivity contribution in [3.63, 3.8) is 0 Å². The monoisotopic (exact) mass is 359 g/mol. The molecule has 1 N–H and O–H groups in total. The standard InChI is InChI=1S/C21H17N3OS/c1-14-23-18-10-9-16(12-19(18)26-14)21(25)24-20(15-6-3-2-4-7-15)17-8-5-11-22-13-17/h2-13,20H,1H3,(H,24,25). The van der Waals surface area contributed by atoms with E-state index in [1.807, 2.05) is 67.6 Å². The molecule has 5 heteroatoms. The Hall–Kier alpha value is -3.05. The van der Waals surface area contributed by atoms with E-state index >= 15 is 0 Å². The minimum atomic E-state index is -0.253. The molecular formula is C21H17N3OS. The molecule has 0 bridgehead atoms. The third-order valence-corrected chi connectivity index (χ3v) is 5.12. The van der Waals surface area contributed by atoms with E-state index in [1.165, 1.54) is 0 Å². The first kappa shape index (κ1) is 16.4. The highest BCUT2D eigenvalue weighted by Crippen LogP contribution is 2.25. The summed E-state index contributed by atoms with van der Waals surface area (Å²) >= 11 is 1.59. The van der Waals surface area contributed by atoms with Crippen molar-refractivity contribution >= 4 is 27.5 Å². The lowest BCUT2D eigenvalue weighted by Crippen LogP contribution is -2.29. The second-order valence-corrected chi connectivity index (χ2v) is 7.25. The second-order valence-electron chi connectivity index (χ2n) is 6.02. The Balaban J connectivity index is 1.67. The van der Waals surface area contributed by atoms with Gasteiger partial charge in [-0.2, -0.15) is 0 Å². The van der Waals surface area contributed by atoms with Crippen molar-refractivity contribution in [2.24, 2.45) is 0 Å². The summed E-state index contributed by atoms with van der Waals surface area (Å²) in [5.41, 5.74) is 3.52. The Labute approximate surface area is 155 Å². The van der Waals surface area contributed by atoms with Crippen LogP contribution >= 0.6 is 11.3 Å². The van der Waals surface area contributed by atoms with Crippen LogP contribution in [-0.2, 0) is 0 Å². The van der Waals surface area contributed by atoms with Gasteiger partial charge < -0.3 is 5.32 Å². The number of nitrogens with one attached hydrogen (secondary N) is 1. The van der Waals surface area contributed by atoms with Gasteiger partial charge >= 0.3 is 0 Å². The number of pyridine rings is 1. The number of aromatic nitrogens is 2. The van der Waals surface area contributed by atoms with Crippen molar-refractivity contribution in [2.45, 2.75) is 13.0 Å². The number of hydrogen-bond acceptors (Lipinski definition) is 4. The lowest BCUT2D eigenvalue weighted by molar-refractivity contribution is 0.0943. The topological polar surface area (TPSA) is 54.9 Å². The van der Waals surface area contributed by atoms with Crippen LogP contribution in [0.25, 0.3) is 10.2 Å². The van der Waals surface area contributed by atoms with E-state index in [9.17, 15) is 4.79 Å². The van der Waals surface area contributed by atoms with Crippen molar-refractivity contribution in [3.8, 4) is 0 Å². The van der Waals surface area contributed by atoms with Crippen molar-refractivity contribution < 1.29 is 4.79 Å². The maximum absolute atomic E-state index is 12.9. The normalized spacial score (nSPS) is 12.0. The van der Waals surface area contributed by atoms with Gasteiger partial charge in [-0.1, -0.05) is 36.4 Å². The summed E-state index contributed by atoms with van der Waals surface area (Å²) in [6.45, 7) is 1.97. The van der Waals surface area contributed by atoms with E-state index in [4.69, 9.17) is 0 Å². The minimum absolute atomic E-state index is 0.115. The van der Waals surface area contributed by atoms with Crippen molar-refractivity contribution in [1.82, 2.24) is 15.3 Å². The molecule has 0 spiro atoms. The van der Waals surface area contributed by atoms with Crippen LogP contribution in [0.1, 0.15) is 32.5 Å². The van der Waals surface area contributed by atoms with Gasteiger partial charge in [0.05, 0.1) is 21.3 Å². The van der Waals surface area contributed by atoms with Crippen LogP contribution < -0.4 is 5.32 Å². The van der Waals surface area contributed by atoms with Crippen LogP contribution in [0.15, 0.2) is 73.1 Å². The summed E-state index contributed by atoms with van der Waals surface area (Å²) in [4.78, 5) is 21.6. The Kier molecular flexibility index (Phi) is 4.46. The van der Waals surface area contributed by atoms with Gasteiger partial charge in [0.15, 0.2) is 0 Å². The van der Waals surface area contributed by atoms with Crippen LogP contribution in [0.4, 0.5) is 0 Å². The number of benzene rings is 2. The zero-order valence-corrected chi connectivity index (χ0v) is 15.0. The molecule has 4 rings (SSSR count). The summed E-state index contributed by atoms with van der Waals surface area (Å²) in [5.74, 6) is -0.115. The molecule has 0 aliphatic rings. The first-order chi connectivity index (χ1) is 12.7. The highest BCUT2D eigenvalue weighted by molar-refractivity contribution is 7.18. The molecule has 1 atom stereocenters. The molecule has 128 valence electrons. The summed E-state index contributed by atoms with van der Waals surface area (Å²) in [5, 5.41) is 4.14. The lowest BCUT2D eigenvalue weighted by atomic mass is 9.99. The number of carbonyl (C=O) groups is 1. The molecule has 1 unspecified atom stereocenters. The van der Waals surface area contributed by atoms with Crippen molar-refractivity contribution in [2.75, 3.05) is 0 Å². The molecule has 0 saturated carbocycles. The molecule has 1 amide bonds. The fourth-order valence-electron chi connectivity index (χ4n) is 2.95. The van der Waals surface area contributed by atoms with Crippen LogP contribution in [0.3, 0.4) is 0 Å². The number of nitrogens with zero attached hydrogens (tertiary/aromatic N) is 2. The number of aryl methyl sites for hydroxylation is 1. The smallest absolute Gasteiger partial charge is 0.252 e. The first-order valence-corrected chi connectivity index (χ1v) is 9.15. The predicted molar refractivity (Wildman–Crippen MR) is 104 cm³/mol. The molecule has 4 aromatic rings. The molecule has 0 saturated heterocycles. The number of carbonyl (C=O) groups excluding carboxylic acids is 1. The molecule has 0 aliphatic heterocycles. The fourth-order valence-corrected chi connectivity index (χ4v) is 3.81. The number of fused-ring (bicyclic) bond motifs is 1. The fraction of sp³-hybridized carbons (Fsp3) is 0.0952. The largest absolute Gasteiger partial charge is 0.341 e. The van der Waals surface area contributed by atoms with E-state index in [2.05, 4.69) is 15.3 Å². The van der Waals surface area contributed by atoms with Gasteiger partial charge in [-0.05, 0) is 42.3 Å². The van der Waals surface area contributed by atoms with E-state index < -0.39 is 0 Å². The van der Waals surface area contributed by atoms with E-state index in [1.54, 1.807) is 23.7 Å². The molecule has 2 aromatic heterocycles. The molecule has 0 fully saturated rings. The molecule has 0 radical (unpaired) electrons. The van der Waals surface area contributed by atoms with E-state index in [0.717, 1.165) is 26.4 Å². The van der Waals surface area contributed by atoms with Gasteiger partial charge in [-0.25, -0.2) is 4.98 Å². The van der Waals surface area contributed by atoms with E-state index in [-0.39, 0.29) is 11.9 Å². The van der Waals surface area contributed by atoms with Crippen LogP contribution in [0, 0.1) is 6.92 Å². The third kappa shape index (κ3) is 3.34. The molecule has 2 heterocycles. The predicted octanol–water partition coefficient (Wildman–Crippen LogP) is 4.52. The third-order valence-electron chi connectivity index (χ3n) is 4.18. The quantitative estimate of drug-likeness (QED) is 0.583. The second kappa shape index (κ2) is 7.06. The molecule has 0 aliphatic carbocycles. The Bertz CT molecular complexity index is 1010. The highest BCUT2D eigenvalue weighted by atomic mass is 32.1.